The van der Waals surface area contributed by atoms with Gasteiger partial charge in [-0.25, -0.2) is 9.97 Å². The van der Waals surface area contributed by atoms with Crippen molar-refractivity contribution in [2.24, 2.45) is 0 Å². The Morgan fingerprint density at radius 3 is 1.86 bits per heavy atom. The molecular weight excluding hydrogens is 709 g/mol. The SMILES string of the molecule is C1=Cc2cc(-c3cc(-c4ccccc4)nc(-c4ccccc4-c4cccc5c4Sc4ccccc4C54c5ccccc5-c5ccccc54)n3)cc3cccc(c23)C1. The highest BCUT2D eigenvalue weighted by molar-refractivity contribution is 7.99. The summed E-state index contributed by atoms with van der Waals surface area (Å²) in [7, 11) is 0. The van der Waals surface area contributed by atoms with Crippen molar-refractivity contribution in [2.45, 2.75) is 21.6 Å². The third kappa shape index (κ3) is 4.79. The molecule has 266 valence electrons. The van der Waals surface area contributed by atoms with Gasteiger partial charge in [-0.05, 0) is 97.1 Å². The van der Waals surface area contributed by atoms with Crippen LogP contribution in [-0.4, -0.2) is 9.97 Å². The van der Waals surface area contributed by atoms with Gasteiger partial charge in [0.1, 0.15) is 0 Å². The first-order chi connectivity index (χ1) is 28.3. The van der Waals surface area contributed by atoms with Gasteiger partial charge in [-0.2, -0.15) is 0 Å². The average Bonchev–Trinajstić information content (AvgIpc) is 3.57. The number of fused-ring (bicyclic) bond motifs is 9. The second kappa shape index (κ2) is 12.6. The van der Waals surface area contributed by atoms with Gasteiger partial charge in [0.25, 0.3) is 0 Å². The van der Waals surface area contributed by atoms with Gasteiger partial charge in [0.15, 0.2) is 5.82 Å². The molecule has 12 rings (SSSR count). The van der Waals surface area contributed by atoms with Crippen LogP contribution in [0, 0.1) is 0 Å². The first kappa shape index (κ1) is 32.4. The van der Waals surface area contributed by atoms with Gasteiger partial charge in [0.05, 0.1) is 16.8 Å². The molecule has 1 aliphatic heterocycles. The predicted molar refractivity (Wildman–Crippen MR) is 235 cm³/mol. The molecule has 1 spiro atoms. The number of hydrogen-bond acceptors (Lipinski definition) is 3. The second-order valence-electron chi connectivity index (χ2n) is 15.2. The van der Waals surface area contributed by atoms with Gasteiger partial charge in [-0.3, -0.25) is 0 Å². The van der Waals surface area contributed by atoms with Crippen LogP contribution in [0.25, 0.3) is 73.0 Å². The largest absolute Gasteiger partial charge is 0.228 e. The summed E-state index contributed by atoms with van der Waals surface area (Å²) in [6.07, 6.45) is 5.49. The van der Waals surface area contributed by atoms with Crippen LogP contribution in [0.2, 0.25) is 0 Å². The standard InChI is InChI=1S/C54H34N2S/c1-2-15-34(16-3-1)48-33-49(38-31-36-19-12-17-35-18-13-20-37(32-38)51(35)36)56-53(55-48)43-24-5-4-21-39(43)42-25-14-29-47-52(42)57-50-30-11-10-28-46(50)54(47)44-26-8-6-22-40(44)41-23-7-9-27-45(41)54/h1-17,19-33H,18H2. The van der Waals surface area contributed by atoms with Crippen LogP contribution in [0.3, 0.4) is 0 Å². The zero-order valence-corrected chi connectivity index (χ0v) is 31.8. The van der Waals surface area contributed by atoms with Crippen LogP contribution in [0.5, 0.6) is 0 Å². The van der Waals surface area contributed by atoms with Crippen molar-refractivity contribution in [1.82, 2.24) is 9.97 Å². The molecule has 0 bridgehead atoms. The quantitative estimate of drug-likeness (QED) is 0.180. The minimum absolute atomic E-state index is 0.448. The molecule has 0 atom stereocenters. The number of nitrogens with zero attached hydrogens (tertiary/aromatic N) is 2. The Hall–Kier alpha value is -6.81. The number of benzene rings is 8. The minimum atomic E-state index is -0.448. The van der Waals surface area contributed by atoms with Gasteiger partial charge in [-0.15, -0.1) is 0 Å². The Kier molecular flexibility index (Phi) is 7.17. The molecule has 0 saturated heterocycles. The molecule has 0 radical (unpaired) electrons. The third-order valence-electron chi connectivity index (χ3n) is 12.2. The maximum atomic E-state index is 5.44. The van der Waals surface area contributed by atoms with Crippen molar-refractivity contribution in [3.8, 4) is 56.2 Å². The molecule has 57 heavy (non-hydrogen) atoms. The van der Waals surface area contributed by atoms with Crippen LogP contribution in [0.1, 0.15) is 33.4 Å². The topological polar surface area (TPSA) is 25.8 Å². The van der Waals surface area contributed by atoms with E-state index in [2.05, 4.69) is 194 Å². The molecule has 0 N–H and O–H groups in total. The Bertz CT molecular complexity index is 3100. The first-order valence-corrected chi connectivity index (χ1v) is 20.4. The number of allylic oxidation sites excluding steroid dienone is 1. The lowest BCUT2D eigenvalue weighted by Crippen LogP contribution is -2.32. The van der Waals surface area contributed by atoms with Crippen LogP contribution in [0.4, 0.5) is 0 Å². The molecule has 0 unspecified atom stereocenters. The van der Waals surface area contributed by atoms with Crippen molar-refractivity contribution in [1.29, 1.82) is 0 Å². The lowest BCUT2D eigenvalue weighted by Gasteiger charge is -2.40. The summed E-state index contributed by atoms with van der Waals surface area (Å²) in [5.74, 6) is 0.713. The molecule has 8 aromatic carbocycles. The monoisotopic (exact) mass is 742 g/mol. The average molecular weight is 743 g/mol. The van der Waals surface area contributed by atoms with Gasteiger partial charge < -0.3 is 0 Å². The molecule has 3 aliphatic rings. The molecule has 0 fully saturated rings. The van der Waals surface area contributed by atoms with E-state index in [0.29, 0.717) is 5.82 Å². The predicted octanol–water partition coefficient (Wildman–Crippen LogP) is 13.7. The van der Waals surface area contributed by atoms with Crippen LogP contribution >= 0.6 is 11.8 Å². The molecule has 0 saturated carbocycles. The van der Waals surface area contributed by atoms with E-state index in [1.54, 1.807) is 0 Å². The number of rotatable bonds is 4. The molecule has 2 nitrogen and oxygen atoms in total. The number of aromatic nitrogens is 2. The highest BCUT2D eigenvalue weighted by atomic mass is 32.2. The van der Waals surface area contributed by atoms with E-state index in [0.717, 1.165) is 40.1 Å². The fourth-order valence-electron chi connectivity index (χ4n) is 9.78. The first-order valence-electron chi connectivity index (χ1n) is 19.6. The van der Waals surface area contributed by atoms with Crippen molar-refractivity contribution in [3.05, 3.63) is 221 Å². The minimum Gasteiger partial charge on any atom is -0.228 e. The second-order valence-corrected chi connectivity index (χ2v) is 16.2. The number of hydrogen-bond donors (Lipinski definition) is 0. The highest BCUT2D eigenvalue weighted by Gasteiger charge is 2.50. The lowest BCUT2D eigenvalue weighted by molar-refractivity contribution is 0.723. The van der Waals surface area contributed by atoms with E-state index in [9.17, 15) is 0 Å². The maximum absolute atomic E-state index is 5.44. The third-order valence-corrected chi connectivity index (χ3v) is 13.4. The summed E-state index contributed by atoms with van der Waals surface area (Å²) in [6.45, 7) is 0. The summed E-state index contributed by atoms with van der Waals surface area (Å²) >= 11 is 1.88. The fourth-order valence-corrected chi connectivity index (χ4v) is 11.1. The van der Waals surface area contributed by atoms with Crippen LogP contribution < -0.4 is 0 Å². The van der Waals surface area contributed by atoms with Crippen molar-refractivity contribution in [2.75, 3.05) is 0 Å². The maximum Gasteiger partial charge on any atom is 0.161 e. The smallest absolute Gasteiger partial charge is 0.161 e. The van der Waals surface area contributed by atoms with Crippen molar-refractivity contribution >= 4 is 28.6 Å². The molecule has 3 heteroatoms. The van der Waals surface area contributed by atoms with Gasteiger partial charge in [0, 0.05) is 26.5 Å². The summed E-state index contributed by atoms with van der Waals surface area (Å²) in [4.78, 5) is 13.4. The molecule has 0 amide bonds. The molecule has 9 aromatic rings. The molecule has 2 heterocycles. The Labute approximate surface area is 336 Å². The Balaban J connectivity index is 1.10. The lowest BCUT2D eigenvalue weighted by atomic mass is 9.67. The summed E-state index contributed by atoms with van der Waals surface area (Å²) < 4.78 is 0. The van der Waals surface area contributed by atoms with Crippen molar-refractivity contribution in [3.63, 3.8) is 0 Å². The van der Waals surface area contributed by atoms with Crippen LogP contribution in [0.15, 0.2) is 198 Å². The highest BCUT2D eigenvalue weighted by Crippen LogP contribution is 2.63. The zero-order valence-electron chi connectivity index (χ0n) is 31.0. The van der Waals surface area contributed by atoms with Gasteiger partial charge in [-0.1, -0.05) is 182 Å². The van der Waals surface area contributed by atoms with E-state index in [-0.39, 0.29) is 0 Å². The van der Waals surface area contributed by atoms with E-state index in [1.165, 1.54) is 70.6 Å². The molecule has 1 aromatic heterocycles. The van der Waals surface area contributed by atoms with Crippen molar-refractivity contribution < 1.29 is 0 Å². The normalized spacial score (nSPS) is 13.9. The molecular formula is C54H34N2S. The zero-order chi connectivity index (χ0) is 37.5. The van der Waals surface area contributed by atoms with Gasteiger partial charge >= 0.3 is 0 Å². The molecule has 2 aliphatic carbocycles. The fraction of sp³-hybridized carbons (Fsp3) is 0.0370. The van der Waals surface area contributed by atoms with Crippen LogP contribution in [-0.2, 0) is 11.8 Å². The summed E-state index contributed by atoms with van der Waals surface area (Å²) in [6, 6.07) is 66.5. The van der Waals surface area contributed by atoms with E-state index >= 15 is 0 Å². The van der Waals surface area contributed by atoms with E-state index in [1.807, 2.05) is 11.8 Å². The van der Waals surface area contributed by atoms with Gasteiger partial charge in [0.2, 0.25) is 0 Å². The summed E-state index contributed by atoms with van der Waals surface area (Å²) in [5, 5.41) is 2.58. The van der Waals surface area contributed by atoms with E-state index < -0.39 is 5.41 Å². The Morgan fingerprint density at radius 1 is 0.456 bits per heavy atom. The Morgan fingerprint density at radius 2 is 1.07 bits per heavy atom. The van der Waals surface area contributed by atoms with E-state index in [4.69, 9.17) is 9.97 Å². The summed E-state index contributed by atoms with van der Waals surface area (Å²) in [5.41, 5.74) is 17.4.